The molecule has 0 atom stereocenters. The lowest BCUT2D eigenvalue weighted by atomic mass is 10.1. The zero-order valence-electron chi connectivity index (χ0n) is 7.89. The van der Waals surface area contributed by atoms with Crippen molar-refractivity contribution in [2.45, 2.75) is 0 Å². The fraction of sp³-hybridized carbons (Fsp3) is 0. The van der Waals surface area contributed by atoms with Gasteiger partial charge < -0.3 is 0 Å². The van der Waals surface area contributed by atoms with E-state index in [4.69, 9.17) is 0 Å². The summed E-state index contributed by atoms with van der Waals surface area (Å²) >= 11 is 0. The molecule has 0 fully saturated rings. The van der Waals surface area contributed by atoms with Crippen LogP contribution in [0, 0.1) is 0 Å². The molecule has 70 valence electrons. The molecule has 0 aliphatic heterocycles. The number of carbonyl (C=O) groups excluding carboxylic acids is 1. The molecule has 0 aromatic heterocycles. The van der Waals surface area contributed by atoms with E-state index in [0.717, 1.165) is 0 Å². The maximum atomic E-state index is 11.5. The van der Waals surface area contributed by atoms with E-state index >= 15 is 0 Å². The lowest BCUT2D eigenvalue weighted by Crippen LogP contribution is -1.92. The predicted molar refractivity (Wildman–Crippen MR) is 59.2 cm³/mol. The molecule has 1 aromatic carbocycles. The third-order valence-corrected chi connectivity index (χ3v) is 1.66. The molecule has 1 heteroatoms. The highest BCUT2D eigenvalue weighted by Gasteiger charge is 1.97. The van der Waals surface area contributed by atoms with E-state index in [1.54, 1.807) is 36.4 Å². The van der Waals surface area contributed by atoms with E-state index in [0.29, 0.717) is 5.56 Å². The second-order valence-electron chi connectivity index (χ2n) is 2.71. The van der Waals surface area contributed by atoms with Crippen molar-refractivity contribution in [3.05, 3.63) is 72.9 Å². The maximum absolute atomic E-state index is 11.5. The van der Waals surface area contributed by atoms with Crippen molar-refractivity contribution in [2.24, 2.45) is 0 Å². The first-order valence-electron chi connectivity index (χ1n) is 4.40. The van der Waals surface area contributed by atoms with Crippen LogP contribution in [-0.2, 0) is 0 Å². The van der Waals surface area contributed by atoms with E-state index in [-0.39, 0.29) is 5.78 Å². The summed E-state index contributed by atoms with van der Waals surface area (Å²) in [4.78, 5) is 11.5. The van der Waals surface area contributed by atoms with Gasteiger partial charge in [-0.15, -0.1) is 0 Å². The highest BCUT2D eigenvalue weighted by atomic mass is 16.1. The SMILES string of the molecule is C=CC=CC=CC(=O)c1ccccc1. The molecule has 0 aliphatic carbocycles. The Morgan fingerprint density at radius 1 is 1.07 bits per heavy atom. The molecule has 0 radical (unpaired) electrons. The Labute approximate surface area is 84.1 Å². The highest BCUT2D eigenvalue weighted by Crippen LogP contribution is 2.00. The van der Waals surface area contributed by atoms with E-state index in [1.807, 2.05) is 18.2 Å². The van der Waals surface area contributed by atoms with Crippen LogP contribution >= 0.6 is 0 Å². The van der Waals surface area contributed by atoms with E-state index in [2.05, 4.69) is 6.58 Å². The molecule has 0 N–H and O–H groups in total. The average Bonchev–Trinajstić information content (AvgIpc) is 2.25. The van der Waals surface area contributed by atoms with Crippen LogP contribution in [0.3, 0.4) is 0 Å². The largest absolute Gasteiger partial charge is 0.289 e. The van der Waals surface area contributed by atoms with Crippen LogP contribution in [-0.4, -0.2) is 5.78 Å². The van der Waals surface area contributed by atoms with Gasteiger partial charge in [0.1, 0.15) is 0 Å². The second-order valence-corrected chi connectivity index (χ2v) is 2.71. The standard InChI is InChI=1S/C13H12O/c1-2-3-4-8-11-13(14)12-9-6-5-7-10-12/h2-11H,1H2. The van der Waals surface area contributed by atoms with Crippen molar-refractivity contribution in [3.8, 4) is 0 Å². The molecular formula is C13H12O. The zero-order valence-corrected chi connectivity index (χ0v) is 7.89. The third kappa shape index (κ3) is 3.23. The first-order valence-corrected chi connectivity index (χ1v) is 4.40. The van der Waals surface area contributed by atoms with E-state index in [9.17, 15) is 4.79 Å². The molecule has 1 nitrogen and oxygen atoms in total. The molecule has 0 unspecified atom stereocenters. The molecule has 14 heavy (non-hydrogen) atoms. The minimum atomic E-state index is 0.0133. The molecule has 0 aliphatic rings. The quantitative estimate of drug-likeness (QED) is 0.399. The van der Waals surface area contributed by atoms with Crippen molar-refractivity contribution in [1.82, 2.24) is 0 Å². The smallest absolute Gasteiger partial charge is 0.185 e. The lowest BCUT2D eigenvalue weighted by molar-refractivity contribution is 0.104. The van der Waals surface area contributed by atoms with Crippen molar-refractivity contribution in [1.29, 1.82) is 0 Å². The van der Waals surface area contributed by atoms with Gasteiger partial charge in [0.15, 0.2) is 5.78 Å². The number of rotatable bonds is 4. The van der Waals surface area contributed by atoms with E-state index in [1.165, 1.54) is 6.08 Å². The van der Waals surface area contributed by atoms with Gasteiger partial charge in [-0.25, -0.2) is 0 Å². The topological polar surface area (TPSA) is 17.1 Å². The van der Waals surface area contributed by atoms with E-state index < -0.39 is 0 Å². The van der Waals surface area contributed by atoms with Gasteiger partial charge in [-0.2, -0.15) is 0 Å². The fourth-order valence-electron chi connectivity index (χ4n) is 0.984. The Balaban J connectivity index is 2.64. The summed E-state index contributed by atoms with van der Waals surface area (Å²) in [7, 11) is 0. The molecule has 0 heterocycles. The van der Waals surface area contributed by atoms with Crippen molar-refractivity contribution < 1.29 is 4.79 Å². The number of benzene rings is 1. The molecule has 1 aromatic rings. The molecule has 0 bridgehead atoms. The van der Waals surface area contributed by atoms with Crippen molar-refractivity contribution >= 4 is 5.78 Å². The number of ketones is 1. The zero-order chi connectivity index (χ0) is 10.2. The van der Waals surface area contributed by atoms with Crippen LogP contribution in [0.4, 0.5) is 0 Å². The van der Waals surface area contributed by atoms with Crippen LogP contribution in [0.15, 0.2) is 67.3 Å². The van der Waals surface area contributed by atoms with Gasteiger partial charge in [0.05, 0.1) is 0 Å². The van der Waals surface area contributed by atoms with Crippen LogP contribution in [0.2, 0.25) is 0 Å². The molecule has 0 saturated carbocycles. The second kappa shape index (κ2) is 5.70. The summed E-state index contributed by atoms with van der Waals surface area (Å²) in [6, 6.07) is 9.17. The van der Waals surface area contributed by atoms with Crippen LogP contribution < -0.4 is 0 Å². The predicted octanol–water partition coefficient (Wildman–Crippen LogP) is 3.17. The Bertz CT molecular complexity index is 358. The number of hydrogen-bond acceptors (Lipinski definition) is 1. The minimum Gasteiger partial charge on any atom is -0.289 e. The molecule has 0 amide bonds. The molecule has 0 saturated heterocycles. The van der Waals surface area contributed by atoms with Crippen LogP contribution in [0.1, 0.15) is 10.4 Å². The highest BCUT2D eigenvalue weighted by molar-refractivity contribution is 6.04. The minimum absolute atomic E-state index is 0.0133. The third-order valence-electron chi connectivity index (χ3n) is 1.66. The monoisotopic (exact) mass is 184 g/mol. The van der Waals surface area contributed by atoms with Crippen LogP contribution in [0.25, 0.3) is 0 Å². The van der Waals surface area contributed by atoms with Gasteiger partial charge in [0.2, 0.25) is 0 Å². The fourth-order valence-corrected chi connectivity index (χ4v) is 0.984. The van der Waals surface area contributed by atoms with Crippen molar-refractivity contribution in [3.63, 3.8) is 0 Å². The summed E-state index contributed by atoms with van der Waals surface area (Å²) in [5.41, 5.74) is 0.704. The number of carbonyl (C=O) groups is 1. The summed E-state index contributed by atoms with van der Waals surface area (Å²) in [5, 5.41) is 0. The maximum Gasteiger partial charge on any atom is 0.185 e. The summed E-state index contributed by atoms with van der Waals surface area (Å²) < 4.78 is 0. The van der Waals surface area contributed by atoms with Gasteiger partial charge in [0.25, 0.3) is 0 Å². The van der Waals surface area contributed by atoms with Gasteiger partial charge in [-0.3, -0.25) is 4.79 Å². The Kier molecular flexibility index (Phi) is 4.15. The van der Waals surface area contributed by atoms with Gasteiger partial charge >= 0.3 is 0 Å². The number of allylic oxidation sites excluding steroid dienone is 5. The summed E-state index contributed by atoms with van der Waals surface area (Å²) in [5.74, 6) is 0.0133. The summed E-state index contributed by atoms with van der Waals surface area (Å²) in [6.45, 7) is 3.53. The number of hydrogen-bond donors (Lipinski definition) is 0. The molecular weight excluding hydrogens is 172 g/mol. The van der Waals surface area contributed by atoms with Gasteiger partial charge in [-0.1, -0.05) is 61.2 Å². The van der Waals surface area contributed by atoms with Gasteiger partial charge in [0, 0.05) is 5.56 Å². The first-order chi connectivity index (χ1) is 6.84. The Hall–Kier alpha value is -1.89. The summed E-state index contributed by atoms with van der Waals surface area (Å²) in [6.07, 6.45) is 8.45. The van der Waals surface area contributed by atoms with Crippen LogP contribution in [0.5, 0.6) is 0 Å². The van der Waals surface area contributed by atoms with Gasteiger partial charge in [-0.05, 0) is 6.08 Å². The lowest BCUT2D eigenvalue weighted by Gasteiger charge is -1.92. The van der Waals surface area contributed by atoms with Crippen molar-refractivity contribution in [2.75, 3.05) is 0 Å². The normalized spacial score (nSPS) is 10.9. The Morgan fingerprint density at radius 3 is 2.43 bits per heavy atom. The molecule has 1 rings (SSSR count). The average molecular weight is 184 g/mol. The first kappa shape index (κ1) is 10.2. The Morgan fingerprint density at radius 2 is 1.79 bits per heavy atom. The molecule has 0 spiro atoms.